The highest BCUT2D eigenvalue weighted by molar-refractivity contribution is 6.07. The molecule has 0 bridgehead atoms. The molecule has 0 spiro atoms. The minimum absolute atomic E-state index is 0.0807. The molecule has 3 aromatic rings. The molecule has 1 heteroatoms. The summed E-state index contributed by atoms with van der Waals surface area (Å²) in [7, 11) is 0. The van der Waals surface area contributed by atoms with E-state index >= 15 is 0 Å². The SMILES string of the molecule is CC(C)(C)c1c2ccccc2c(C(C)(C)C)c2cnccc12. The molecule has 0 unspecified atom stereocenters. The van der Waals surface area contributed by atoms with Crippen molar-refractivity contribution in [3.05, 3.63) is 53.9 Å². The number of benzene rings is 2. The molecule has 1 heterocycles. The van der Waals surface area contributed by atoms with Gasteiger partial charge in [-0.25, -0.2) is 0 Å². The van der Waals surface area contributed by atoms with Crippen LogP contribution < -0.4 is 0 Å². The fraction of sp³-hybridized carbons (Fsp3) is 0.381. The third-order valence-electron chi connectivity index (χ3n) is 4.33. The van der Waals surface area contributed by atoms with Crippen molar-refractivity contribution < 1.29 is 0 Å². The molecule has 0 fully saturated rings. The summed E-state index contributed by atoms with van der Waals surface area (Å²) in [5.41, 5.74) is 3.00. The van der Waals surface area contributed by atoms with Crippen molar-refractivity contribution in [2.75, 3.05) is 0 Å². The van der Waals surface area contributed by atoms with Gasteiger partial charge in [0.25, 0.3) is 0 Å². The lowest BCUT2D eigenvalue weighted by atomic mass is 9.74. The average molecular weight is 291 g/mol. The van der Waals surface area contributed by atoms with E-state index < -0.39 is 0 Å². The summed E-state index contributed by atoms with van der Waals surface area (Å²) < 4.78 is 0. The number of aromatic nitrogens is 1. The van der Waals surface area contributed by atoms with Crippen LogP contribution in [0, 0.1) is 0 Å². The van der Waals surface area contributed by atoms with Crippen LogP contribution in [0.1, 0.15) is 52.7 Å². The molecule has 114 valence electrons. The summed E-state index contributed by atoms with van der Waals surface area (Å²) in [5, 5.41) is 5.36. The van der Waals surface area contributed by atoms with E-state index in [0.29, 0.717) is 0 Å². The van der Waals surface area contributed by atoms with Crippen LogP contribution in [0.5, 0.6) is 0 Å². The maximum absolute atomic E-state index is 4.42. The van der Waals surface area contributed by atoms with Gasteiger partial charge in [0.15, 0.2) is 0 Å². The van der Waals surface area contributed by atoms with Gasteiger partial charge in [-0.2, -0.15) is 0 Å². The molecule has 1 aromatic heterocycles. The molecular formula is C21H25N. The molecule has 2 aromatic carbocycles. The molecule has 1 nitrogen and oxygen atoms in total. The monoisotopic (exact) mass is 291 g/mol. The summed E-state index contributed by atoms with van der Waals surface area (Å²) in [4.78, 5) is 4.42. The van der Waals surface area contributed by atoms with Gasteiger partial charge in [0, 0.05) is 17.8 Å². The third kappa shape index (κ3) is 2.29. The van der Waals surface area contributed by atoms with Crippen LogP contribution in [0.4, 0.5) is 0 Å². The maximum atomic E-state index is 4.42. The molecule has 0 N–H and O–H groups in total. The topological polar surface area (TPSA) is 12.9 Å². The average Bonchev–Trinajstić information content (AvgIpc) is 2.41. The van der Waals surface area contributed by atoms with Crippen LogP contribution in [0.3, 0.4) is 0 Å². The Labute approximate surface area is 133 Å². The minimum atomic E-state index is 0.0807. The normalized spacial score (nSPS) is 13.0. The summed E-state index contributed by atoms with van der Waals surface area (Å²) >= 11 is 0. The van der Waals surface area contributed by atoms with Crippen molar-refractivity contribution in [1.82, 2.24) is 4.98 Å². The molecule has 3 rings (SSSR count). The molecule has 0 aliphatic rings. The van der Waals surface area contributed by atoms with Crippen LogP contribution in [0.2, 0.25) is 0 Å². The molecule has 0 saturated carbocycles. The Morgan fingerprint density at radius 3 is 1.59 bits per heavy atom. The smallest absolute Gasteiger partial charge is 0.0349 e. The van der Waals surface area contributed by atoms with E-state index in [9.17, 15) is 0 Å². The van der Waals surface area contributed by atoms with Crippen molar-refractivity contribution in [1.29, 1.82) is 0 Å². The van der Waals surface area contributed by atoms with Crippen LogP contribution in [-0.4, -0.2) is 4.98 Å². The standard InChI is InChI=1S/C21H25N/c1-20(2,3)18-14-9-7-8-10-15(14)19(21(4,5)6)17-13-22-12-11-16(17)18/h7-13H,1-6H3. The summed E-state index contributed by atoms with van der Waals surface area (Å²) in [5.74, 6) is 0. The van der Waals surface area contributed by atoms with Crippen LogP contribution in [0.15, 0.2) is 42.7 Å². The Hall–Kier alpha value is -1.89. The van der Waals surface area contributed by atoms with E-state index in [4.69, 9.17) is 0 Å². The van der Waals surface area contributed by atoms with E-state index in [2.05, 4.69) is 76.9 Å². The number of rotatable bonds is 0. The Morgan fingerprint density at radius 1 is 0.636 bits per heavy atom. The van der Waals surface area contributed by atoms with Crippen molar-refractivity contribution >= 4 is 21.5 Å². The quantitative estimate of drug-likeness (QED) is 0.464. The lowest BCUT2D eigenvalue weighted by molar-refractivity contribution is 0.593. The van der Waals surface area contributed by atoms with E-state index in [-0.39, 0.29) is 10.8 Å². The first-order chi connectivity index (χ1) is 10.2. The van der Waals surface area contributed by atoms with E-state index in [1.54, 1.807) is 0 Å². The van der Waals surface area contributed by atoms with Crippen LogP contribution in [0.25, 0.3) is 21.5 Å². The fourth-order valence-electron chi connectivity index (χ4n) is 3.64. The van der Waals surface area contributed by atoms with E-state index in [0.717, 1.165) is 0 Å². The van der Waals surface area contributed by atoms with Gasteiger partial charge in [0.1, 0.15) is 0 Å². The molecule has 22 heavy (non-hydrogen) atoms. The fourth-order valence-corrected chi connectivity index (χ4v) is 3.64. The summed E-state index contributed by atoms with van der Waals surface area (Å²) in [6, 6.07) is 11.0. The van der Waals surface area contributed by atoms with Gasteiger partial charge in [-0.15, -0.1) is 0 Å². The Kier molecular flexibility index (Phi) is 3.28. The first-order valence-electron chi connectivity index (χ1n) is 8.00. The van der Waals surface area contributed by atoms with Crippen LogP contribution >= 0.6 is 0 Å². The first kappa shape index (κ1) is 15.0. The highest BCUT2D eigenvalue weighted by Gasteiger charge is 2.26. The second-order valence-corrected chi connectivity index (χ2v) is 8.22. The van der Waals surface area contributed by atoms with Crippen molar-refractivity contribution in [3.8, 4) is 0 Å². The molecule has 0 saturated heterocycles. The van der Waals surface area contributed by atoms with Gasteiger partial charge in [0.2, 0.25) is 0 Å². The summed E-state index contributed by atoms with van der Waals surface area (Å²) in [6.45, 7) is 13.8. The predicted octanol–water partition coefficient (Wildman–Crippen LogP) is 5.98. The summed E-state index contributed by atoms with van der Waals surface area (Å²) in [6.07, 6.45) is 3.95. The number of pyridine rings is 1. The molecule has 0 aliphatic heterocycles. The highest BCUT2D eigenvalue weighted by Crippen LogP contribution is 2.42. The van der Waals surface area contributed by atoms with Crippen molar-refractivity contribution in [2.45, 2.75) is 52.4 Å². The molecule has 0 aliphatic carbocycles. The third-order valence-corrected chi connectivity index (χ3v) is 4.33. The minimum Gasteiger partial charge on any atom is -0.264 e. The zero-order chi connectivity index (χ0) is 16.1. The van der Waals surface area contributed by atoms with E-state index in [1.165, 1.54) is 32.7 Å². The van der Waals surface area contributed by atoms with Crippen LogP contribution in [-0.2, 0) is 10.8 Å². The maximum Gasteiger partial charge on any atom is 0.0349 e. The van der Waals surface area contributed by atoms with E-state index in [1.807, 2.05) is 12.4 Å². The van der Waals surface area contributed by atoms with Gasteiger partial charge in [-0.1, -0.05) is 65.8 Å². The van der Waals surface area contributed by atoms with Gasteiger partial charge < -0.3 is 0 Å². The molecular weight excluding hydrogens is 266 g/mol. The van der Waals surface area contributed by atoms with Gasteiger partial charge >= 0.3 is 0 Å². The Balaban J connectivity index is 2.67. The zero-order valence-corrected chi connectivity index (χ0v) is 14.5. The Morgan fingerprint density at radius 2 is 1.09 bits per heavy atom. The van der Waals surface area contributed by atoms with Crippen molar-refractivity contribution in [3.63, 3.8) is 0 Å². The van der Waals surface area contributed by atoms with Gasteiger partial charge in [0.05, 0.1) is 0 Å². The highest BCUT2D eigenvalue weighted by atomic mass is 14.6. The first-order valence-corrected chi connectivity index (χ1v) is 8.00. The van der Waals surface area contributed by atoms with Gasteiger partial charge in [-0.3, -0.25) is 4.98 Å². The second kappa shape index (κ2) is 4.81. The molecule has 0 atom stereocenters. The second-order valence-electron chi connectivity index (χ2n) is 8.22. The Bertz CT molecular complexity index is 716. The number of hydrogen-bond donors (Lipinski definition) is 0. The largest absolute Gasteiger partial charge is 0.264 e. The number of nitrogens with zero attached hydrogens (tertiary/aromatic N) is 1. The molecule has 0 amide bonds. The predicted molar refractivity (Wildman–Crippen MR) is 96.6 cm³/mol. The lowest BCUT2D eigenvalue weighted by Gasteiger charge is -2.30. The lowest BCUT2D eigenvalue weighted by Crippen LogP contribution is -2.17. The van der Waals surface area contributed by atoms with Gasteiger partial charge in [-0.05, 0) is 44.2 Å². The number of hydrogen-bond acceptors (Lipinski definition) is 1. The van der Waals surface area contributed by atoms with Crippen molar-refractivity contribution in [2.24, 2.45) is 0 Å². The molecule has 0 radical (unpaired) electrons. The number of fused-ring (bicyclic) bond motifs is 2. The zero-order valence-electron chi connectivity index (χ0n) is 14.5.